The predicted octanol–water partition coefficient (Wildman–Crippen LogP) is 0.806. The van der Waals surface area contributed by atoms with Gasteiger partial charge in [-0.1, -0.05) is 0 Å². The SMILES string of the molecule is CN1CCCC1CNC(=O)NCC1CCCOC1. The van der Waals surface area contributed by atoms with Crippen LogP contribution >= 0.6 is 0 Å². The molecule has 5 heteroatoms. The minimum Gasteiger partial charge on any atom is -0.381 e. The molecule has 2 amide bonds. The minimum atomic E-state index is -0.0409. The standard InChI is InChI=1S/C13H25N3O2/c1-16-6-2-5-12(16)9-15-13(17)14-8-11-4-3-7-18-10-11/h11-12H,2-10H2,1H3,(H2,14,15,17). The van der Waals surface area contributed by atoms with Gasteiger partial charge in [0.2, 0.25) is 0 Å². The summed E-state index contributed by atoms with van der Waals surface area (Å²) in [4.78, 5) is 14.0. The third kappa shape index (κ3) is 4.14. The first-order valence-electron chi connectivity index (χ1n) is 7.05. The quantitative estimate of drug-likeness (QED) is 0.781. The van der Waals surface area contributed by atoms with E-state index >= 15 is 0 Å². The molecule has 104 valence electrons. The molecule has 0 aliphatic carbocycles. The number of nitrogens with zero attached hydrogens (tertiary/aromatic N) is 1. The molecule has 2 fully saturated rings. The monoisotopic (exact) mass is 255 g/mol. The van der Waals surface area contributed by atoms with Crippen molar-refractivity contribution < 1.29 is 9.53 Å². The summed E-state index contributed by atoms with van der Waals surface area (Å²) in [6.45, 7) is 4.28. The highest BCUT2D eigenvalue weighted by atomic mass is 16.5. The number of ether oxygens (including phenoxy) is 1. The van der Waals surface area contributed by atoms with Crippen LogP contribution in [-0.2, 0) is 4.74 Å². The molecule has 0 spiro atoms. The van der Waals surface area contributed by atoms with Gasteiger partial charge in [-0.3, -0.25) is 0 Å². The molecule has 5 nitrogen and oxygen atoms in total. The van der Waals surface area contributed by atoms with Crippen molar-refractivity contribution in [3.8, 4) is 0 Å². The number of carbonyl (C=O) groups is 1. The van der Waals surface area contributed by atoms with E-state index in [1.165, 1.54) is 12.8 Å². The third-order valence-corrected chi connectivity index (χ3v) is 3.98. The molecule has 2 unspecified atom stereocenters. The Labute approximate surface area is 109 Å². The Balaban J connectivity index is 1.57. The van der Waals surface area contributed by atoms with E-state index in [1.807, 2.05) is 0 Å². The molecule has 2 heterocycles. The van der Waals surface area contributed by atoms with E-state index in [0.29, 0.717) is 12.0 Å². The second-order valence-electron chi connectivity index (χ2n) is 5.45. The summed E-state index contributed by atoms with van der Waals surface area (Å²) < 4.78 is 5.39. The molecule has 0 aromatic carbocycles. The molecule has 0 saturated carbocycles. The normalized spacial score (nSPS) is 29.2. The van der Waals surface area contributed by atoms with Crippen LogP contribution in [-0.4, -0.2) is 56.9 Å². The Morgan fingerprint density at radius 3 is 2.78 bits per heavy atom. The van der Waals surface area contributed by atoms with E-state index in [2.05, 4.69) is 22.6 Å². The van der Waals surface area contributed by atoms with Crippen molar-refractivity contribution in [2.45, 2.75) is 31.7 Å². The highest BCUT2D eigenvalue weighted by molar-refractivity contribution is 5.73. The average Bonchev–Trinajstić information content (AvgIpc) is 2.81. The van der Waals surface area contributed by atoms with Crippen molar-refractivity contribution in [2.75, 3.05) is 39.9 Å². The maximum atomic E-state index is 11.7. The van der Waals surface area contributed by atoms with E-state index in [1.54, 1.807) is 0 Å². The number of likely N-dealkylation sites (tertiary alicyclic amines) is 1. The number of likely N-dealkylation sites (N-methyl/N-ethyl adjacent to an activating group) is 1. The summed E-state index contributed by atoms with van der Waals surface area (Å²) in [6, 6.07) is 0.467. The molecule has 0 radical (unpaired) electrons. The lowest BCUT2D eigenvalue weighted by molar-refractivity contribution is 0.0557. The number of rotatable bonds is 4. The van der Waals surface area contributed by atoms with E-state index in [9.17, 15) is 4.79 Å². The fourth-order valence-electron chi connectivity index (χ4n) is 2.72. The van der Waals surface area contributed by atoms with Crippen LogP contribution in [0.2, 0.25) is 0 Å². The van der Waals surface area contributed by atoms with Crippen LogP contribution in [0.25, 0.3) is 0 Å². The highest BCUT2D eigenvalue weighted by Crippen LogP contribution is 2.13. The van der Waals surface area contributed by atoms with Crippen LogP contribution in [0, 0.1) is 5.92 Å². The van der Waals surface area contributed by atoms with E-state index in [0.717, 1.165) is 45.7 Å². The van der Waals surface area contributed by atoms with Crippen molar-refractivity contribution in [1.29, 1.82) is 0 Å². The number of hydrogen-bond donors (Lipinski definition) is 2. The Morgan fingerprint density at radius 1 is 1.28 bits per heavy atom. The van der Waals surface area contributed by atoms with Crippen LogP contribution in [0.1, 0.15) is 25.7 Å². The molecule has 2 aliphatic heterocycles. The Kier molecular flexibility index (Phi) is 5.26. The topological polar surface area (TPSA) is 53.6 Å². The van der Waals surface area contributed by atoms with Crippen LogP contribution in [0.15, 0.2) is 0 Å². The van der Waals surface area contributed by atoms with Crippen LogP contribution in [0.4, 0.5) is 4.79 Å². The average molecular weight is 255 g/mol. The molecule has 2 atom stereocenters. The summed E-state index contributed by atoms with van der Waals surface area (Å²) in [5.74, 6) is 0.485. The zero-order valence-corrected chi connectivity index (χ0v) is 11.3. The predicted molar refractivity (Wildman–Crippen MR) is 70.6 cm³/mol. The summed E-state index contributed by atoms with van der Waals surface area (Å²) >= 11 is 0. The first kappa shape index (κ1) is 13.6. The molecule has 2 N–H and O–H groups in total. The first-order valence-corrected chi connectivity index (χ1v) is 7.05. The van der Waals surface area contributed by atoms with Crippen molar-refractivity contribution in [3.63, 3.8) is 0 Å². The van der Waals surface area contributed by atoms with Gasteiger partial charge in [0.05, 0.1) is 6.61 Å². The second kappa shape index (κ2) is 6.95. The van der Waals surface area contributed by atoms with Gasteiger partial charge in [0, 0.05) is 25.7 Å². The molecule has 2 rings (SSSR count). The summed E-state index contributed by atoms with van der Waals surface area (Å²) in [7, 11) is 2.12. The smallest absolute Gasteiger partial charge is 0.314 e. The largest absolute Gasteiger partial charge is 0.381 e. The fourth-order valence-corrected chi connectivity index (χ4v) is 2.72. The van der Waals surface area contributed by atoms with Crippen LogP contribution in [0.3, 0.4) is 0 Å². The fraction of sp³-hybridized carbons (Fsp3) is 0.923. The lowest BCUT2D eigenvalue weighted by atomic mass is 10.0. The molecule has 0 bridgehead atoms. The molecule has 18 heavy (non-hydrogen) atoms. The third-order valence-electron chi connectivity index (χ3n) is 3.98. The highest BCUT2D eigenvalue weighted by Gasteiger charge is 2.21. The van der Waals surface area contributed by atoms with Gasteiger partial charge in [-0.05, 0) is 45.2 Å². The summed E-state index contributed by atoms with van der Waals surface area (Å²) in [5, 5.41) is 5.90. The van der Waals surface area contributed by atoms with Crippen molar-refractivity contribution in [2.24, 2.45) is 5.92 Å². The Bertz CT molecular complexity index is 267. The molecular weight excluding hydrogens is 230 g/mol. The van der Waals surface area contributed by atoms with Gasteiger partial charge in [0.1, 0.15) is 0 Å². The lowest BCUT2D eigenvalue weighted by Gasteiger charge is -2.23. The Morgan fingerprint density at radius 2 is 2.11 bits per heavy atom. The zero-order chi connectivity index (χ0) is 12.8. The lowest BCUT2D eigenvalue weighted by Crippen LogP contribution is -2.44. The van der Waals surface area contributed by atoms with E-state index in [-0.39, 0.29) is 6.03 Å². The van der Waals surface area contributed by atoms with Gasteiger partial charge in [-0.15, -0.1) is 0 Å². The molecule has 0 aromatic heterocycles. The number of urea groups is 1. The Hall–Kier alpha value is -0.810. The maximum Gasteiger partial charge on any atom is 0.314 e. The van der Waals surface area contributed by atoms with Crippen molar-refractivity contribution in [3.05, 3.63) is 0 Å². The second-order valence-corrected chi connectivity index (χ2v) is 5.45. The minimum absolute atomic E-state index is 0.0409. The van der Waals surface area contributed by atoms with Gasteiger partial charge in [0.15, 0.2) is 0 Å². The van der Waals surface area contributed by atoms with Crippen molar-refractivity contribution >= 4 is 6.03 Å². The number of amides is 2. The van der Waals surface area contributed by atoms with E-state index < -0.39 is 0 Å². The summed E-state index contributed by atoms with van der Waals surface area (Å²) in [6.07, 6.45) is 4.70. The van der Waals surface area contributed by atoms with Crippen LogP contribution < -0.4 is 10.6 Å². The zero-order valence-electron chi connectivity index (χ0n) is 11.3. The van der Waals surface area contributed by atoms with Gasteiger partial charge >= 0.3 is 6.03 Å². The maximum absolute atomic E-state index is 11.7. The molecule has 2 saturated heterocycles. The molecule has 0 aromatic rings. The summed E-state index contributed by atoms with van der Waals surface area (Å²) in [5.41, 5.74) is 0. The molecular formula is C13H25N3O2. The van der Waals surface area contributed by atoms with E-state index in [4.69, 9.17) is 4.74 Å². The number of hydrogen-bond acceptors (Lipinski definition) is 3. The molecule has 2 aliphatic rings. The van der Waals surface area contributed by atoms with Crippen molar-refractivity contribution in [1.82, 2.24) is 15.5 Å². The van der Waals surface area contributed by atoms with Gasteiger partial charge in [-0.25, -0.2) is 4.79 Å². The number of nitrogens with one attached hydrogen (secondary N) is 2. The van der Waals surface area contributed by atoms with Gasteiger partial charge in [0.25, 0.3) is 0 Å². The van der Waals surface area contributed by atoms with Crippen LogP contribution in [0.5, 0.6) is 0 Å². The number of carbonyl (C=O) groups excluding carboxylic acids is 1. The van der Waals surface area contributed by atoms with Gasteiger partial charge in [-0.2, -0.15) is 0 Å². The first-order chi connectivity index (χ1) is 8.75. The van der Waals surface area contributed by atoms with Gasteiger partial charge < -0.3 is 20.3 Å².